The molecule has 2 aromatic carbocycles. The fraction of sp³-hybridized carbons (Fsp3) is 0.263. The molecule has 0 spiro atoms. The van der Waals surface area contributed by atoms with Crippen molar-refractivity contribution in [2.75, 3.05) is 28.7 Å². The molecule has 1 unspecified atom stereocenters. The van der Waals surface area contributed by atoms with Gasteiger partial charge in [-0.2, -0.15) is 13.2 Å². The molecule has 5 nitrogen and oxygen atoms in total. The van der Waals surface area contributed by atoms with Gasteiger partial charge in [-0.3, -0.25) is 14.5 Å². The van der Waals surface area contributed by atoms with Crippen LogP contribution in [0.15, 0.2) is 54.6 Å². The highest BCUT2D eigenvalue weighted by Gasteiger charge is 2.49. The third-order valence-electron chi connectivity index (χ3n) is 4.34. The van der Waals surface area contributed by atoms with Crippen LogP contribution in [0.4, 0.5) is 30.2 Å². The van der Waals surface area contributed by atoms with Crippen molar-refractivity contribution in [2.45, 2.75) is 18.6 Å². The molecule has 0 bridgehead atoms. The van der Waals surface area contributed by atoms with Crippen LogP contribution < -0.4 is 15.1 Å². The molecule has 0 saturated carbocycles. The lowest BCUT2D eigenvalue weighted by molar-refractivity contribution is -0.157. The molecule has 0 radical (unpaired) electrons. The summed E-state index contributed by atoms with van der Waals surface area (Å²) < 4.78 is 41.0. The van der Waals surface area contributed by atoms with Gasteiger partial charge in [0.05, 0.1) is 24.3 Å². The first-order valence-electron chi connectivity index (χ1n) is 8.31. The molecule has 1 atom stereocenters. The van der Waals surface area contributed by atoms with Crippen molar-refractivity contribution < 1.29 is 22.8 Å². The Balaban J connectivity index is 1.97. The highest BCUT2D eigenvalue weighted by atomic mass is 19.4. The Morgan fingerprint density at radius 3 is 2.44 bits per heavy atom. The van der Waals surface area contributed by atoms with Crippen molar-refractivity contribution >= 4 is 28.9 Å². The maximum Gasteiger partial charge on any atom is 0.409 e. The first-order chi connectivity index (χ1) is 12.8. The van der Waals surface area contributed by atoms with Gasteiger partial charge in [-0.15, -0.1) is 0 Å². The molecule has 1 N–H and O–H groups in total. The van der Waals surface area contributed by atoms with Gasteiger partial charge in [-0.1, -0.05) is 30.3 Å². The van der Waals surface area contributed by atoms with Crippen LogP contribution in [0.3, 0.4) is 0 Å². The third-order valence-corrected chi connectivity index (χ3v) is 4.34. The predicted octanol–water partition coefficient (Wildman–Crippen LogP) is 3.43. The Hall–Kier alpha value is -3.03. The summed E-state index contributed by atoms with van der Waals surface area (Å²) in [7, 11) is 1.63. The molecule has 0 aromatic heterocycles. The standard InChI is InChI=1S/C19H18F3N3O2/c1-24(13-7-3-2-4-8-13)12-18(27)25-15-10-6-5-9-14(15)23-17(26)11-16(25)19(20,21)22/h2-10,16H,11-12H2,1H3,(H,23,26). The number of alkyl halides is 3. The summed E-state index contributed by atoms with van der Waals surface area (Å²) in [6.45, 7) is -0.265. The maximum atomic E-state index is 13.7. The number of hydrogen-bond donors (Lipinski definition) is 1. The number of nitrogens with zero attached hydrogens (tertiary/aromatic N) is 2. The van der Waals surface area contributed by atoms with Crippen LogP contribution in [0.25, 0.3) is 0 Å². The Bertz CT molecular complexity index is 840. The van der Waals surface area contributed by atoms with Crippen molar-refractivity contribution in [2.24, 2.45) is 0 Å². The van der Waals surface area contributed by atoms with E-state index < -0.39 is 30.5 Å². The molecule has 0 aliphatic carbocycles. The largest absolute Gasteiger partial charge is 0.409 e. The van der Waals surface area contributed by atoms with Gasteiger partial charge in [-0.25, -0.2) is 0 Å². The molecule has 8 heteroatoms. The van der Waals surface area contributed by atoms with Gasteiger partial charge in [-0.05, 0) is 24.3 Å². The second-order valence-electron chi connectivity index (χ2n) is 6.28. The summed E-state index contributed by atoms with van der Waals surface area (Å²) in [4.78, 5) is 27.1. The smallest absolute Gasteiger partial charge is 0.365 e. The van der Waals surface area contributed by atoms with E-state index in [0.29, 0.717) is 10.6 Å². The van der Waals surface area contributed by atoms with Crippen LogP contribution in [0.1, 0.15) is 6.42 Å². The van der Waals surface area contributed by atoms with E-state index in [1.54, 1.807) is 48.3 Å². The number of rotatable bonds is 3. The van der Waals surface area contributed by atoms with E-state index in [9.17, 15) is 22.8 Å². The van der Waals surface area contributed by atoms with Crippen LogP contribution in [-0.2, 0) is 9.59 Å². The van der Waals surface area contributed by atoms with Crippen molar-refractivity contribution in [3.8, 4) is 0 Å². The summed E-state index contributed by atoms with van der Waals surface area (Å²) >= 11 is 0. The Morgan fingerprint density at radius 2 is 1.78 bits per heavy atom. The van der Waals surface area contributed by atoms with Crippen LogP contribution in [0.5, 0.6) is 0 Å². The number of para-hydroxylation sites is 3. The molecular formula is C19H18F3N3O2. The van der Waals surface area contributed by atoms with E-state index in [0.717, 1.165) is 0 Å². The molecule has 1 aliphatic heterocycles. The van der Waals surface area contributed by atoms with Crippen molar-refractivity contribution in [1.82, 2.24) is 0 Å². The summed E-state index contributed by atoms with van der Waals surface area (Å²) in [5.74, 6) is -1.52. The molecule has 3 rings (SSSR count). The van der Waals surface area contributed by atoms with Gasteiger partial charge in [0.2, 0.25) is 11.8 Å². The van der Waals surface area contributed by atoms with Crippen LogP contribution in [0, 0.1) is 0 Å². The lowest BCUT2D eigenvalue weighted by Crippen LogP contribution is -2.52. The molecular weight excluding hydrogens is 359 g/mol. The van der Waals surface area contributed by atoms with Crippen LogP contribution in [-0.4, -0.2) is 37.6 Å². The maximum absolute atomic E-state index is 13.7. The minimum absolute atomic E-state index is 0.0390. The van der Waals surface area contributed by atoms with Gasteiger partial charge in [0, 0.05) is 12.7 Å². The van der Waals surface area contributed by atoms with E-state index in [1.165, 1.54) is 18.2 Å². The number of carbonyl (C=O) groups is 2. The normalized spacial score (nSPS) is 17.0. The monoisotopic (exact) mass is 377 g/mol. The molecule has 142 valence electrons. The second kappa shape index (κ2) is 7.30. The zero-order valence-corrected chi connectivity index (χ0v) is 14.5. The van der Waals surface area contributed by atoms with Crippen molar-refractivity contribution in [3.05, 3.63) is 54.6 Å². The number of carbonyl (C=O) groups excluding carboxylic acids is 2. The van der Waals surface area contributed by atoms with Crippen LogP contribution in [0.2, 0.25) is 0 Å². The summed E-state index contributed by atoms with van der Waals surface area (Å²) in [6, 6.07) is 12.7. The van der Waals surface area contributed by atoms with E-state index >= 15 is 0 Å². The number of hydrogen-bond acceptors (Lipinski definition) is 3. The highest BCUT2D eigenvalue weighted by molar-refractivity contribution is 6.05. The number of anilines is 3. The van der Waals surface area contributed by atoms with Crippen molar-refractivity contribution in [3.63, 3.8) is 0 Å². The zero-order chi connectivity index (χ0) is 19.6. The molecule has 2 aromatic rings. The lowest BCUT2D eigenvalue weighted by Gasteiger charge is -2.33. The van der Waals surface area contributed by atoms with E-state index in [1.807, 2.05) is 0 Å². The number of likely N-dealkylation sites (N-methyl/N-ethyl adjacent to an activating group) is 1. The Labute approximate surface area is 154 Å². The molecule has 2 amide bonds. The molecule has 1 heterocycles. The van der Waals surface area contributed by atoms with Gasteiger partial charge in [0.1, 0.15) is 6.04 Å². The Kier molecular flexibility index (Phi) is 5.07. The fourth-order valence-electron chi connectivity index (χ4n) is 3.05. The van der Waals surface area contributed by atoms with Gasteiger partial charge < -0.3 is 10.2 Å². The fourth-order valence-corrected chi connectivity index (χ4v) is 3.05. The molecule has 0 saturated heterocycles. The molecule has 1 aliphatic rings. The van der Waals surface area contributed by atoms with Gasteiger partial charge in [0.25, 0.3) is 0 Å². The third kappa shape index (κ3) is 4.05. The first kappa shape index (κ1) is 18.8. The van der Waals surface area contributed by atoms with Gasteiger partial charge >= 0.3 is 6.18 Å². The SMILES string of the molecule is CN(CC(=O)N1c2ccccc2NC(=O)CC1C(F)(F)F)c1ccccc1. The first-order valence-corrected chi connectivity index (χ1v) is 8.31. The molecule has 27 heavy (non-hydrogen) atoms. The van der Waals surface area contributed by atoms with E-state index in [4.69, 9.17) is 0 Å². The minimum atomic E-state index is -4.74. The van der Waals surface area contributed by atoms with E-state index in [2.05, 4.69) is 5.32 Å². The van der Waals surface area contributed by atoms with E-state index in [-0.39, 0.29) is 17.9 Å². The number of amides is 2. The number of benzene rings is 2. The summed E-state index contributed by atoms with van der Waals surface area (Å²) in [5, 5.41) is 2.45. The van der Waals surface area contributed by atoms with Gasteiger partial charge in [0.15, 0.2) is 0 Å². The molecule has 0 fully saturated rings. The predicted molar refractivity (Wildman–Crippen MR) is 96.7 cm³/mol. The topological polar surface area (TPSA) is 52.7 Å². The zero-order valence-electron chi connectivity index (χ0n) is 14.5. The number of fused-ring (bicyclic) bond motifs is 1. The van der Waals surface area contributed by atoms with Crippen molar-refractivity contribution in [1.29, 1.82) is 0 Å². The quantitative estimate of drug-likeness (QED) is 0.892. The summed E-state index contributed by atoms with van der Waals surface area (Å²) in [6.07, 6.45) is -5.59. The average molecular weight is 377 g/mol. The summed E-state index contributed by atoms with van der Waals surface area (Å²) in [5.41, 5.74) is 0.925. The second-order valence-corrected chi connectivity index (χ2v) is 6.28. The number of halogens is 3. The number of nitrogens with one attached hydrogen (secondary N) is 1. The van der Waals surface area contributed by atoms with Crippen LogP contribution >= 0.6 is 0 Å². The lowest BCUT2D eigenvalue weighted by atomic mass is 10.1. The Morgan fingerprint density at radius 1 is 1.15 bits per heavy atom. The highest BCUT2D eigenvalue weighted by Crippen LogP contribution is 2.37. The minimum Gasteiger partial charge on any atom is -0.365 e. The average Bonchev–Trinajstić information content (AvgIpc) is 2.77.